The summed E-state index contributed by atoms with van der Waals surface area (Å²) >= 11 is 12.2. The number of nitrogen functional groups attached to an aromatic ring is 1. The third-order valence-corrected chi connectivity index (χ3v) is 4.26. The summed E-state index contributed by atoms with van der Waals surface area (Å²) in [4.78, 5) is 10.8. The third-order valence-electron chi connectivity index (χ3n) is 3.70. The first-order valence-corrected chi connectivity index (χ1v) is 7.98. The van der Waals surface area contributed by atoms with E-state index in [2.05, 4.69) is 20.2 Å². The largest absolute Gasteiger partial charge is 0.393 e. The Balaban J connectivity index is 1.89. The quantitative estimate of drug-likeness (QED) is 0.882. The Morgan fingerprint density at radius 1 is 1.09 bits per heavy atom. The second-order valence-electron chi connectivity index (χ2n) is 5.26. The Bertz CT molecular complexity index is 671. The highest BCUT2D eigenvalue weighted by molar-refractivity contribution is 6.35. The molecule has 22 heavy (non-hydrogen) atoms. The van der Waals surface area contributed by atoms with Gasteiger partial charge in [-0.3, -0.25) is 0 Å². The van der Waals surface area contributed by atoms with Gasteiger partial charge in [0.15, 0.2) is 11.6 Å². The van der Waals surface area contributed by atoms with Crippen LogP contribution < -0.4 is 16.0 Å². The molecule has 1 fully saturated rings. The van der Waals surface area contributed by atoms with Crippen LogP contribution in [0.2, 0.25) is 10.0 Å². The second-order valence-corrected chi connectivity index (χ2v) is 6.10. The number of anilines is 4. The van der Waals surface area contributed by atoms with E-state index in [0.717, 1.165) is 31.7 Å². The molecular weight excluding hydrogens is 321 g/mol. The van der Waals surface area contributed by atoms with Crippen molar-refractivity contribution in [1.29, 1.82) is 0 Å². The van der Waals surface area contributed by atoms with Crippen LogP contribution in [-0.2, 0) is 0 Å². The molecular formula is C15H17Cl2N5. The Kier molecular flexibility index (Phi) is 4.55. The number of hydrogen-bond donors (Lipinski definition) is 2. The average Bonchev–Trinajstić information content (AvgIpc) is 2.54. The van der Waals surface area contributed by atoms with Crippen LogP contribution >= 0.6 is 23.2 Å². The van der Waals surface area contributed by atoms with Crippen LogP contribution in [-0.4, -0.2) is 23.1 Å². The minimum Gasteiger partial charge on any atom is -0.393 e. The van der Waals surface area contributed by atoms with E-state index in [1.165, 1.54) is 12.7 Å². The number of rotatable bonds is 3. The molecule has 0 bridgehead atoms. The van der Waals surface area contributed by atoms with Gasteiger partial charge in [-0.1, -0.05) is 23.2 Å². The number of nitrogens with one attached hydrogen (secondary N) is 1. The van der Waals surface area contributed by atoms with Gasteiger partial charge in [-0.2, -0.15) is 0 Å². The van der Waals surface area contributed by atoms with E-state index in [9.17, 15) is 0 Å². The first-order chi connectivity index (χ1) is 10.6. The lowest BCUT2D eigenvalue weighted by molar-refractivity contribution is 0.574. The molecule has 3 N–H and O–H groups in total. The molecule has 1 saturated heterocycles. The lowest BCUT2D eigenvalue weighted by Crippen LogP contribution is -2.31. The number of aromatic nitrogens is 2. The molecule has 0 unspecified atom stereocenters. The Hall–Kier alpha value is -1.72. The van der Waals surface area contributed by atoms with Crippen LogP contribution in [0.5, 0.6) is 0 Å². The molecule has 2 aromatic rings. The van der Waals surface area contributed by atoms with Crippen molar-refractivity contribution in [2.75, 3.05) is 29.0 Å². The Labute approximate surface area is 139 Å². The fourth-order valence-corrected chi connectivity index (χ4v) is 2.90. The van der Waals surface area contributed by atoms with Gasteiger partial charge in [-0.05, 0) is 37.5 Å². The average molecular weight is 338 g/mol. The minimum absolute atomic E-state index is 0.528. The van der Waals surface area contributed by atoms with E-state index in [0.29, 0.717) is 27.2 Å². The van der Waals surface area contributed by atoms with E-state index in [-0.39, 0.29) is 0 Å². The number of hydrogen-bond acceptors (Lipinski definition) is 5. The van der Waals surface area contributed by atoms with E-state index in [1.807, 2.05) is 0 Å². The molecule has 0 spiro atoms. The van der Waals surface area contributed by atoms with Crippen molar-refractivity contribution in [3.63, 3.8) is 0 Å². The van der Waals surface area contributed by atoms with Crippen molar-refractivity contribution in [2.24, 2.45) is 0 Å². The highest BCUT2D eigenvalue weighted by Gasteiger charge is 2.17. The van der Waals surface area contributed by atoms with E-state index >= 15 is 0 Å². The van der Waals surface area contributed by atoms with Gasteiger partial charge in [-0.15, -0.1) is 0 Å². The number of benzene rings is 1. The van der Waals surface area contributed by atoms with Gasteiger partial charge >= 0.3 is 0 Å². The van der Waals surface area contributed by atoms with Gasteiger partial charge in [-0.25, -0.2) is 9.97 Å². The number of nitrogens with two attached hydrogens (primary N) is 1. The molecule has 0 aliphatic carbocycles. The molecule has 0 radical (unpaired) electrons. The van der Waals surface area contributed by atoms with Crippen molar-refractivity contribution in [2.45, 2.75) is 19.3 Å². The number of halogens is 2. The Morgan fingerprint density at radius 2 is 1.86 bits per heavy atom. The maximum Gasteiger partial charge on any atom is 0.159 e. The fraction of sp³-hybridized carbons (Fsp3) is 0.333. The molecule has 1 aliphatic heterocycles. The molecule has 116 valence electrons. The summed E-state index contributed by atoms with van der Waals surface area (Å²) < 4.78 is 0. The van der Waals surface area contributed by atoms with Crippen LogP contribution in [0, 0.1) is 0 Å². The fourth-order valence-electron chi connectivity index (χ4n) is 2.56. The predicted molar refractivity (Wildman–Crippen MR) is 92.3 cm³/mol. The summed E-state index contributed by atoms with van der Waals surface area (Å²) in [5, 5.41) is 4.29. The zero-order valence-electron chi connectivity index (χ0n) is 12.0. The van der Waals surface area contributed by atoms with Crippen LogP contribution in [0.25, 0.3) is 0 Å². The summed E-state index contributed by atoms with van der Waals surface area (Å²) in [5.74, 6) is 1.31. The van der Waals surface area contributed by atoms with Crippen molar-refractivity contribution in [3.05, 3.63) is 34.6 Å². The molecule has 1 aliphatic rings. The van der Waals surface area contributed by atoms with E-state index in [1.54, 1.807) is 18.2 Å². The van der Waals surface area contributed by atoms with E-state index in [4.69, 9.17) is 28.9 Å². The molecule has 1 aromatic heterocycles. The van der Waals surface area contributed by atoms with Crippen LogP contribution in [0.4, 0.5) is 23.0 Å². The maximum atomic E-state index is 6.24. The SMILES string of the molecule is Nc1c(Nc2cc(Cl)ccc2Cl)ncnc1N1CCCCC1. The van der Waals surface area contributed by atoms with Crippen LogP contribution in [0.15, 0.2) is 24.5 Å². The molecule has 2 heterocycles. The number of nitrogens with zero attached hydrogens (tertiary/aromatic N) is 3. The monoisotopic (exact) mass is 337 g/mol. The first kappa shape index (κ1) is 15.2. The summed E-state index contributed by atoms with van der Waals surface area (Å²) in [7, 11) is 0. The van der Waals surface area contributed by atoms with Crippen LogP contribution in [0.1, 0.15) is 19.3 Å². The number of piperidine rings is 1. The molecule has 0 atom stereocenters. The summed E-state index contributed by atoms with van der Waals surface area (Å²) in [6.07, 6.45) is 5.09. The summed E-state index contributed by atoms with van der Waals surface area (Å²) in [6, 6.07) is 5.21. The third kappa shape index (κ3) is 3.20. The van der Waals surface area contributed by atoms with Crippen LogP contribution in [0.3, 0.4) is 0 Å². The molecule has 0 saturated carbocycles. The zero-order chi connectivity index (χ0) is 15.5. The van der Waals surface area contributed by atoms with Crippen molar-refractivity contribution >= 4 is 46.2 Å². The molecule has 1 aromatic carbocycles. The zero-order valence-corrected chi connectivity index (χ0v) is 13.5. The van der Waals surface area contributed by atoms with Crippen molar-refractivity contribution in [1.82, 2.24) is 9.97 Å². The highest BCUT2D eigenvalue weighted by Crippen LogP contribution is 2.33. The smallest absolute Gasteiger partial charge is 0.159 e. The summed E-state index contributed by atoms with van der Waals surface area (Å²) in [5.41, 5.74) is 7.44. The minimum atomic E-state index is 0.528. The predicted octanol–water partition coefficient (Wildman–Crippen LogP) is 4.10. The molecule has 7 heteroatoms. The van der Waals surface area contributed by atoms with Gasteiger partial charge in [0.25, 0.3) is 0 Å². The molecule has 5 nitrogen and oxygen atoms in total. The topological polar surface area (TPSA) is 67.1 Å². The maximum absolute atomic E-state index is 6.24. The van der Waals surface area contributed by atoms with Gasteiger partial charge in [0, 0.05) is 18.1 Å². The Morgan fingerprint density at radius 3 is 2.64 bits per heavy atom. The first-order valence-electron chi connectivity index (χ1n) is 7.22. The highest BCUT2D eigenvalue weighted by atomic mass is 35.5. The second kappa shape index (κ2) is 6.58. The lowest BCUT2D eigenvalue weighted by atomic mass is 10.1. The van der Waals surface area contributed by atoms with E-state index < -0.39 is 0 Å². The van der Waals surface area contributed by atoms with Gasteiger partial charge in [0.1, 0.15) is 12.0 Å². The van der Waals surface area contributed by atoms with Crippen molar-refractivity contribution in [3.8, 4) is 0 Å². The molecule has 0 amide bonds. The molecule has 3 rings (SSSR count). The van der Waals surface area contributed by atoms with Gasteiger partial charge in [0.2, 0.25) is 0 Å². The summed E-state index contributed by atoms with van der Waals surface area (Å²) in [6.45, 7) is 1.94. The van der Waals surface area contributed by atoms with Gasteiger partial charge < -0.3 is 16.0 Å². The van der Waals surface area contributed by atoms with Gasteiger partial charge in [0.05, 0.1) is 10.7 Å². The van der Waals surface area contributed by atoms with Crippen molar-refractivity contribution < 1.29 is 0 Å². The standard InChI is InChI=1S/C15H17Cl2N5/c16-10-4-5-11(17)12(8-10)21-14-13(18)15(20-9-19-14)22-6-2-1-3-7-22/h4-5,8-9H,1-3,6-7,18H2,(H,19,20,21). The normalized spacial score (nSPS) is 14.9. The lowest BCUT2D eigenvalue weighted by Gasteiger charge is -2.29.